The number of alkyl halides is 1. The SMILES string of the molecule is C[C@H]1CCC[C@H](C)N1C(=O)COC(=O)C12C[C@@H]3C[C@@H](CC(Br)(C3)C1)C2. The second-order valence-electron chi connectivity index (χ2n) is 9.40. The number of piperidine rings is 1. The molecule has 0 aromatic carbocycles. The van der Waals surface area contributed by atoms with Crippen molar-refractivity contribution in [2.45, 2.75) is 88.0 Å². The van der Waals surface area contributed by atoms with Crippen LogP contribution < -0.4 is 0 Å². The van der Waals surface area contributed by atoms with Gasteiger partial charge in [0.1, 0.15) is 0 Å². The molecule has 2 unspecified atom stereocenters. The van der Waals surface area contributed by atoms with Gasteiger partial charge >= 0.3 is 5.97 Å². The summed E-state index contributed by atoms with van der Waals surface area (Å²) in [5, 5.41) is 0. The number of hydrogen-bond acceptors (Lipinski definition) is 3. The Morgan fingerprint density at radius 1 is 1.08 bits per heavy atom. The van der Waals surface area contributed by atoms with Crippen LogP contribution in [0.15, 0.2) is 0 Å². The number of hydrogen-bond donors (Lipinski definition) is 0. The van der Waals surface area contributed by atoms with E-state index in [1.54, 1.807) is 0 Å². The highest BCUT2D eigenvalue weighted by Gasteiger charge is 2.60. The summed E-state index contributed by atoms with van der Waals surface area (Å²) >= 11 is 3.94. The zero-order valence-corrected chi connectivity index (χ0v) is 17.0. The van der Waals surface area contributed by atoms with Crippen LogP contribution in [0.2, 0.25) is 0 Å². The number of nitrogens with zero attached hydrogens (tertiary/aromatic N) is 1. The van der Waals surface area contributed by atoms with Crippen molar-refractivity contribution in [3.8, 4) is 0 Å². The van der Waals surface area contributed by atoms with E-state index in [1.807, 2.05) is 4.90 Å². The molecule has 5 rings (SSSR count). The molecule has 140 valence electrons. The third kappa shape index (κ3) is 3.15. The van der Waals surface area contributed by atoms with Crippen molar-refractivity contribution in [3.63, 3.8) is 0 Å². The second kappa shape index (κ2) is 6.24. The summed E-state index contributed by atoms with van der Waals surface area (Å²) in [5.74, 6) is 1.15. The van der Waals surface area contributed by atoms with Gasteiger partial charge in [-0.15, -0.1) is 0 Å². The molecule has 4 bridgehead atoms. The molecule has 5 aliphatic rings. The average Bonchev–Trinajstić information content (AvgIpc) is 2.50. The topological polar surface area (TPSA) is 46.6 Å². The van der Waals surface area contributed by atoms with Crippen LogP contribution in [-0.2, 0) is 14.3 Å². The van der Waals surface area contributed by atoms with Gasteiger partial charge in [0.05, 0.1) is 5.41 Å². The van der Waals surface area contributed by atoms with Crippen LogP contribution in [0, 0.1) is 17.3 Å². The van der Waals surface area contributed by atoms with Gasteiger partial charge < -0.3 is 9.64 Å². The Kier molecular flexibility index (Phi) is 4.45. The summed E-state index contributed by atoms with van der Waals surface area (Å²) in [7, 11) is 0. The lowest BCUT2D eigenvalue weighted by Gasteiger charge is -2.58. The number of halogens is 1. The fraction of sp³-hybridized carbons (Fsp3) is 0.900. The van der Waals surface area contributed by atoms with Gasteiger partial charge in [-0.3, -0.25) is 9.59 Å². The molecular weight excluding hydrogens is 382 g/mol. The van der Waals surface area contributed by atoms with Gasteiger partial charge in [0.25, 0.3) is 5.91 Å². The molecule has 1 saturated heterocycles. The highest BCUT2D eigenvalue weighted by atomic mass is 79.9. The Morgan fingerprint density at radius 3 is 2.24 bits per heavy atom. The first-order chi connectivity index (χ1) is 11.8. The van der Waals surface area contributed by atoms with Gasteiger partial charge in [-0.05, 0) is 83.5 Å². The number of ether oxygens (including phenoxy) is 1. The lowest BCUT2D eigenvalue weighted by atomic mass is 9.49. The number of likely N-dealkylation sites (tertiary alicyclic amines) is 1. The van der Waals surface area contributed by atoms with Gasteiger partial charge in [-0.1, -0.05) is 15.9 Å². The van der Waals surface area contributed by atoms with E-state index in [1.165, 1.54) is 25.7 Å². The van der Waals surface area contributed by atoms with Crippen molar-refractivity contribution in [2.24, 2.45) is 17.3 Å². The van der Waals surface area contributed by atoms with Crippen LogP contribution in [0.5, 0.6) is 0 Å². The molecule has 1 heterocycles. The minimum absolute atomic E-state index is 0.0219. The fourth-order valence-corrected chi connectivity index (χ4v) is 8.11. The third-order valence-corrected chi connectivity index (χ3v) is 8.16. The number of carbonyl (C=O) groups excluding carboxylic acids is 2. The van der Waals surface area contributed by atoms with Crippen LogP contribution >= 0.6 is 15.9 Å². The molecule has 1 amide bonds. The highest BCUT2D eigenvalue weighted by molar-refractivity contribution is 9.10. The lowest BCUT2D eigenvalue weighted by molar-refractivity contribution is -0.173. The van der Waals surface area contributed by atoms with Crippen LogP contribution in [0.4, 0.5) is 0 Å². The molecule has 4 saturated carbocycles. The summed E-state index contributed by atoms with van der Waals surface area (Å²) in [5.41, 5.74) is -0.340. The standard InChI is InChI=1S/C20H30BrNO3/c1-13-4-3-5-14(2)22(13)17(23)11-25-18(24)19-7-15-6-16(8-19)10-20(21,9-15)12-19/h13-16H,3-12H2,1-2H3/t13-,14-,15-,16+,19?,20?/m0/s1. The number of carbonyl (C=O) groups is 2. The number of esters is 1. The van der Waals surface area contributed by atoms with E-state index in [4.69, 9.17) is 4.74 Å². The summed E-state index contributed by atoms with van der Waals surface area (Å²) in [6, 6.07) is 0.501. The maximum Gasteiger partial charge on any atom is 0.312 e. The van der Waals surface area contributed by atoms with E-state index >= 15 is 0 Å². The maximum atomic E-state index is 13.0. The van der Waals surface area contributed by atoms with Crippen LogP contribution in [-0.4, -0.2) is 39.8 Å². The number of amides is 1. The molecule has 0 radical (unpaired) electrons. The minimum atomic E-state index is -0.340. The van der Waals surface area contributed by atoms with Crippen LogP contribution in [0.1, 0.15) is 71.6 Å². The maximum absolute atomic E-state index is 13.0. The normalized spacial score (nSPS) is 45.5. The predicted molar refractivity (Wildman–Crippen MR) is 99.4 cm³/mol. The molecule has 5 heteroatoms. The van der Waals surface area contributed by atoms with E-state index in [-0.39, 0.29) is 40.3 Å². The Labute approximate surface area is 159 Å². The molecule has 0 spiro atoms. The van der Waals surface area contributed by atoms with Crippen molar-refractivity contribution in [1.29, 1.82) is 0 Å². The molecule has 0 aromatic rings. The summed E-state index contributed by atoms with van der Waals surface area (Å²) in [6.07, 6.45) is 9.72. The molecule has 0 N–H and O–H groups in total. The molecule has 5 fully saturated rings. The molecule has 6 atom stereocenters. The van der Waals surface area contributed by atoms with E-state index in [9.17, 15) is 9.59 Å². The molecule has 1 aliphatic heterocycles. The van der Waals surface area contributed by atoms with Gasteiger partial charge in [-0.2, -0.15) is 0 Å². The van der Waals surface area contributed by atoms with Gasteiger partial charge in [-0.25, -0.2) is 0 Å². The van der Waals surface area contributed by atoms with E-state index in [2.05, 4.69) is 29.8 Å². The molecular formula is C20H30BrNO3. The monoisotopic (exact) mass is 411 g/mol. The Hall–Kier alpha value is -0.580. The number of rotatable bonds is 3. The van der Waals surface area contributed by atoms with E-state index in [0.717, 1.165) is 32.1 Å². The fourth-order valence-electron chi connectivity index (χ4n) is 6.66. The minimum Gasteiger partial charge on any atom is -0.455 e. The van der Waals surface area contributed by atoms with Gasteiger partial charge in [0, 0.05) is 16.4 Å². The first kappa shape index (κ1) is 17.8. The molecule has 25 heavy (non-hydrogen) atoms. The smallest absolute Gasteiger partial charge is 0.312 e. The summed E-state index contributed by atoms with van der Waals surface area (Å²) < 4.78 is 5.77. The Morgan fingerprint density at radius 2 is 1.68 bits per heavy atom. The molecule has 4 aliphatic carbocycles. The zero-order valence-electron chi connectivity index (χ0n) is 15.4. The largest absolute Gasteiger partial charge is 0.455 e. The van der Waals surface area contributed by atoms with Crippen molar-refractivity contribution >= 4 is 27.8 Å². The van der Waals surface area contributed by atoms with Crippen LogP contribution in [0.25, 0.3) is 0 Å². The zero-order chi connectivity index (χ0) is 17.8. The highest BCUT2D eigenvalue weighted by Crippen LogP contribution is 2.64. The molecule has 0 aromatic heterocycles. The second-order valence-corrected chi connectivity index (χ2v) is 11.1. The quantitative estimate of drug-likeness (QED) is 0.519. The summed E-state index contributed by atoms with van der Waals surface area (Å²) in [6.45, 7) is 4.12. The van der Waals surface area contributed by atoms with E-state index < -0.39 is 0 Å². The summed E-state index contributed by atoms with van der Waals surface area (Å²) in [4.78, 5) is 27.6. The average molecular weight is 412 g/mol. The van der Waals surface area contributed by atoms with Crippen molar-refractivity contribution in [1.82, 2.24) is 4.90 Å². The predicted octanol–water partition coefficient (Wildman–Crippen LogP) is 4.05. The Bertz CT molecular complexity index is 553. The van der Waals surface area contributed by atoms with Gasteiger partial charge in [0.15, 0.2) is 6.61 Å². The molecule has 4 nitrogen and oxygen atoms in total. The van der Waals surface area contributed by atoms with Crippen molar-refractivity contribution in [3.05, 3.63) is 0 Å². The van der Waals surface area contributed by atoms with E-state index in [0.29, 0.717) is 11.8 Å². The van der Waals surface area contributed by atoms with Crippen molar-refractivity contribution in [2.75, 3.05) is 6.61 Å². The Balaban J connectivity index is 1.40. The van der Waals surface area contributed by atoms with Crippen LogP contribution in [0.3, 0.4) is 0 Å². The third-order valence-electron chi connectivity index (χ3n) is 7.23. The first-order valence-corrected chi connectivity index (χ1v) is 10.8. The lowest BCUT2D eigenvalue weighted by Crippen LogP contribution is -2.56. The first-order valence-electron chi connectivity index (χ1n) is 9.98. The van der Waals surface area contributed by atoms with Crippen molar-refractivity contribution < 1.29 is 14.3 Å². The van der Waals surface area contributed by atoms with Gasteiger partial charge in [0.2, 0.25) is 0 Å².